The topological polar surface area (TPSA) is 75.7 Å². The van der Waals surface area contributed by atoms with Gasteiger partial charge in [-0.1, -0.05) is 30.3 Å². The molecule has 0 fully saturated rings. The summed E-state index contributed by atoms with van der Waals surface area (Å²) >= 11 is 3.37. The minimum atomic E-state index is -3.72. The molecule has 6 nitrogen and oxygen atoms in total. The maximum absolute atomic E-state index is 12.8. The summed E-state index contributed by atoms with van der Waals surface area (Å²) in [5, 5.41) is 2.76. The average molecular weight is 489 g/mol. The molecule has 0 spiro atoms. The number of carbonyl (C=O) groups is 1. The number of amides is 1. The minimum Gasteiger partial charge on any atom is -0.457 e. The highest BCUT2D eigenvalue weighted by Gasteiger charge is 2.29. The monoisotopic (exact) mass is 488 g/mol. The predicted octanol–water partition coefficient (Wildman–Crippen LogP) is 5.03. The van der Waals surface area contributed by atoms with Crippen molar-refractivity contribution >= 4 is 43.2 Å². The molecule has 0 aliphatic rings. The summed E-state index contributed by atoms with van der Waals surface area (Å²) in [5.74, 6) is 0.784. The lowest BCUT2D eigenvalue weighted by molar-refractivity contribution is -0.116. The van der Waals surface area contributed by atoms with E-state index >= 15 is 0 Å². The number of halogens is 1. The average Bonchev–Trinajstić information content (AvgIpc) is 2.71. The summed E-state index contributed by atoms with van der Waals surface area (Å²) in [6.45, 7) is 1.54. The standard InChI is InChI=1S/C22H21BrN2O4S/c1-16(22(26)24-21-11-7-6-10-20(21)23)25(30(2,27)28)17-12-14-19(15-13-17)29-18-8-4-3-5-9-18/h3-16H,1-2H3,(H,24,26)/t16-/m1/s1. The van der Waals surface area contributed by atoms with Crippen LogP contribution in [0.4, 0.5) is 11.4 Å². The molecule has 3 aromatic rings. The number of nitrogens with one attached hydrogen (secondary N) is 1. The third kappa shape index (κ3) is 5.40. The second-order valence-corrected chi connectivity index (χ2v) is 9.33. The molecule has 1 atom stereocenters. The van der Waals surface area contributed by atoms with E-state index in [2.05, 4.69) is 21.2 Å². The maximum Gasteiger partial charge on any atom is 0.248 e. The summed E-state index contributed by atoms with van der Waals surface area (Å²) < 4.78 is 32.5. The van der Waals surface area contributed by atoms with Crippen molar-refractivity contribution < 1.29 is 17.9 Å². The molecule has 0 unspecified atom stereocenters. The fourth-order valence-electron chi connectivity index (χ4n) is 2.89. The largest absolute Gasteiger partial charge is 0.457 e. The molecule has 0 aliphatic carbocycles. The van der Waals surface area contributed by atoms with Gasteiger partial charge < -0.3 is 10.1 Å². The molecule has 0 aliphatic heterocycles. The first-order valence-electron chi connectivity index (χ1n) is 9.13. The number of ether oxygens (including phenoxy) is 1. The zero-order chi connectivity index (χ0) is 21.7. The quantitative estimate of drug-likeness (QED) is 0.505. The van der Waals surface area contributed by atoms with Crippen molar-refractivity contribution in [2.45, 2.75) is 13.0 Å². The highest BCUT2D eigenvalue weighted by atomic mass is 79.9. The number of para-hydroxylation sites is 2. The molecule has 156 valence electrons. The van der Waals surface area contributed by atoms with Crippen LogP contribution in [0.5, 0.6) is 11.5 Å². The van der Waals surface area contributed by atoms with Crippen LogP contribution in [0.25, 0.3) is 0 Å². The molecule has 0 saturated heterocycles. The van der Waals surface area contributed by atoms with Gasteiger partial charge in [0.1, 0.15) is 17.5 Å². The molecule has 1 amide bonds. The zero-order valence-corrected chi connectivity index (χ0v) is 18.9. The van der Waals surface area contributed by atoms with Gasteiger partial charge in [-0.15, -0.1) is 0 Å². The van der Waals surface area contributed by atoms with Gasteiger partial charge >= 0.3 is 0 Å². The van der Waals surface area contributed by atoms with Crippen LogP contribution in [0.3, 0.4) is 0 Å². The number of carbonyl (C=O) groups excluding carboxylic acids is 1. The number of anilines is 2. The molecule has 30 heavy (non-hydrogen) atoms. The molecule has 0 aromatic heterocycles. The van der Waals surface area contributed by atoms with Crippen LogP contribution in [0.1, 0.15) is 6.92 Å². The van der Waals surface area contributed by atoms with Crippen molar-refractivity contribution in [1.29, 1.82) is 0 Å². The third-order valence-electron chi connectivity index (χ3n) is 4.29. The lowest BCUT2D eigenvalue weighted by atomic mass is 10.2. The molecule has 3 rings (SSSR count). The number of hydrogen-bond acceptors (Lipinski definition) is 4. The lowest BCUT2D eigenvalue weighted by Crippen LogP contribution is -2.45. The minimum absolute atomic E-state index is 0.368. The van der Waals surface area contributed by atoms with E-state index in [4.69, 9.17) is 4.74 Å². The Labute approximate surface area is 184 Å². The molecular weight excluding hydrogens is 468 g/mol. The van der Waals surface area contributed by atoms with Crippen molar-refractivity contribution in [3.8, 4) is 11.5 Å². The van der Waals surface area contributed by atoms with Gasteiger partial charge in [0.2, 0.25) is 15.9 Å². The fourth-order valence-corrected chi connectivity index (χ4v) is 4.45. The van der Waals surface area contributed by atoms with E-state index in [1.807, 2.05) is 36.4 Å². The molecule has 0 saturated carbocycles. The third-order valence-corrected chi connectivity index (χ3v) is 6.22. The van der Waals surface area contributed by atoms with Crippen LogP contribution in [0, 0.1) is 0 Å². The Hall–Kier alpha value is -2.84. The summed E-state index contributed by atoms with van der Waals surface area (Å²) in [4.78, 5) is 12.8. The number of hydrogen-bond donors (Lipinski definition) is 1. The van der Waals surface area contributed by atoms with Crippen molar-refractivity contribution in [2.75, 3.05) is 15.9 Å². The highest BCUT2D eigenvalue weighted by molar-refractivity contribution is 9.10. The van der Waals surface area contributed by atoms with Gasteiger partial charge in [-0.05, 0) is 71.4 Å². The smallest absolute Gasteiger partial charge is 0.248 e. The highest BCUT2D eigenvalue weighted by Crippen LogP contribution is 2.28. The summed E-state index contributed by atoms with van der Waals surface area (Å²) in [6, 6.07) is 22.0. The summed E-state index contributed by atoms with van der Waals surface area (Å²) in [6.07, 6.45) is 1.07. The van der Waals surface area contributed by atoms with Crippen LogP contribution in [0.15, 0.2) is 83.3 Å². The van der Waals surface area contributed by atoms with Crippen molar-refractivity contribution in [2.24, 2.45) is 0 Å². The molecule has 0 heterocycles. The first-order valence-corrected chi connectivity index (χ1v) is 11.8. The first kappa shape index (κ1) is 21.9. The van der Waals surface area contributed by atoms with Crippen molar-refractivity contribution in [1.82, 2.24) is 0 Å². The van der Waals surface area contributed by atoms with Crippen LogP contribution in [-0.4, -0.2) is 26.6 Å². The molecule has 1 N–H and O–H groups in total. The number of sulfonamides is 1. The normalized spacial score (nSPS) is 12.1. The fraction of sp³-hybridized carbons (Fsp3) is 0.136. The summed E-state index contributed by atoms with van der Waals surface area (Å²) in [5.41, 5.74) is 0.932. The SMILES string of the molecule is C[C@H](C(=O)Nc1ccccc1Br)N(c1ccc(Oc2ccccc2)cc1)S(C)(=O)=O. The predicted molar refractivity (Wildman–Crippen MR) is 123 cm³/mol. The van der Waals surface area contributed by atoms with E-state index in [9.17, 15) is 13.2 Å². The first-order chi connectivity index (χ1) is 14.3. The van der Waals surface area contributed by atoms with Gasteiger partial charge in [-0.3, -0.25) is 9.10 Å². The maximum atomic E-state index is 12.8. The second kappa shape index (κ2) is 9.32. The molecule has 0 bridgehead atoms. The second-order valence-electron chi connectivity index (χ2n) is 6.61. The van der Waals surface area contributed by atoms with Gasteiger partial charge in [-0.2, -0.15) is 0 Å². The molecular formula is C22H21BrN2O4S. The molecule has 0 radical (unpaired) electrons. The Kier molecular flexibility index (Phi) is 6.79. The van der Waals surface area contributed by atoms with Crippen LogP contribution >= 0.6 is 15.9 Å². The molecule has 3 aromatic carbocycles. The lowest BCUT2D eigenvalue weighted by Gasteiger charge is -2.28. The van der Waals surface area contributed by atoms with E-state index < -0.39 is 22.0 Å². The van der Waals surface area contributed by atoms with Gasteiger partial charge in [0, 0.05) is 4.47 Å². The Bertz CT molecular complexity index is 1120. The van der Waals surface area contributed by atoms with Crippen molar-refractivity contribution in [3.05, 3.63) is 83.3 Å². The van der Waals surface area contributed by atoms with E-state index in [0.29, 0.717) is 27.3 Å². The van der Waals surface area contributed by atoms with Crippen molar-refractivity contribution in [3.63, 3.8) is 0 Å². The van der Waals surface area contributed by atoms with E-state index in [-0.39, 0.29) is 0 Å². The van der Waals surface area contributed by atoms with Gasteiger partial charge in [-0.25, -0.2) is 8.42 Å². The van der Waals surface area contributed by atoms with Gasteiger partial charge in [0.05, 0.1) is 17.6 Å². The zero-order valence-electron chi connectivity index (χ0n) is 16.4. The Balaban J connectivity index is 1.82. The number of rotatable bonds is 7. The Morgan fingerprint density at radius 3 is 2.10 bits per heavy atom. The van der Waals surface area contributed by atoms with Crippen LogP contribution in [-0.2, 0) is 14.8 Å². The number of nitrogens with zero attached hydrogens (tertiary/aromatic N) is 1. The van der Waals surface area contributed by atoms with E-state index in [1.54, 1.807) is 49.4 Å². The van der Waals surface area contributed by atoms with Gasteiger partial charge in [0.25, 0.3) is 0 Å². The Morgan fingerprint density at radius 2 is 1.50 bits per heavy atom. The summed E-state index contributed by atoms with van der Waals surface area (Å²) in [7, 11) is -3.72. The van der Waals surface area contributed by atoms with E-state index in [0.717, 1.165) is 10.6 Å². The van der Waals surface area contributed by atoms with Crippen LogP contribution < -0.4 is 14.4 Å². The molecule has 8 heteroatoms. The van der Waals surface area contributed by atoms with Gasteiger partial charge in [0.15, 0.2) is 0 Å². The van der Waals surface area contributed by atoms with E-state index in [1.165, 1.54) is 0 Å². The van der Waals surface area contributed by atoms with Crippen LogP contribution in [0.2, 0.25) is 0 Å². The Morgan fingerprint density at radius 1 is 0.933 bits per heavy atom. The number of benzene rings is 3.